The molecule has 2 amide bonds. The Morgan fingerprint density at radius 2 is 2.13 bits per heavy atom. The molecule has 0 saturated heterocycles. The van der Waals surface area contributed by atoms with Crippen LogP contribution >= 0.6 is 11.6 Å². The van der Waals surface area contributed by atoms with Gasteiger partial charge >= 0.3 is 0 Å². The second-order valence-electron chi connectivity index (χ2n) is 5.50. The molecule has 0 spiro atoms. The SMILES string of the molecule is NC(=O)c1cc(Cl)ccc1OCC(=O)NCCC1=CCCCC1. The molecule has 0 aliphatic heterocycles. The van der Waals surface area contributed by atoms with Crippen LogP contribution in [0.25, 0.3) is 0 Å². The van der Waals surface area contributed by atoms with Gasteiger partial charge in [0.25, 0.3) is 11.8 Å². The van der Waals surface area contributed by atoms with E-state index in [1.807, 2.05) is 0 Å². The van der Waals surface area contributed by atoms with Crippen molar-refractivity contribution in [1.29, 1.82) is 0 Å². The zero-order valence-electron chi connectivity index (χ0n) is 12.9. The van der Waals surface area contributed by atoms with Crippen LogP contribution in [0, 0.1) is 0 Å². The van der Waals surface area contributed by atoms with Crippen molar-refractivity contribution in [1.82, 2.24) is 5.32 Å². The fourth-order valence-electron chi connectivity index (χ4n) is 2.51. The fraction of sp³-hybridized carbons (Fsp3) is 0.412. The molecule has 0 aromatic heterocycles. The Balaban J connectivity index is 1.78. The van der Waals surface area contributed by atoms with Crippen molar-refractivity contribution in [2.45, 2.75) is 32.1 Å². The van der Waals surface area contributed by atoms with Crippen molar-refractivity contribution < 1.29 is 14.3 Å². The quantitative estimate of drug-likeness (QED) is 0.751. The third-order valence-electron chi connectivity index (χ3n) is 3.72. The summed E-state index contributed by atoms with van der Waals surface area (Å²) < 4.78 is 5.37. The predicted octanol–water partition coefficient (Wildman–Crippen LogP) is 2.82. The minimum absolute atomic E-state index is 0.165. The van der Waals surface area contributed by atoms with E-state index in [1.165, 1.54) is 30.5 Å². The van der Waals surface area contributed by atoms with Gasteiger partial charge in [-0.25, -0.2) is 0 Å². The van der Waals surface area contributed by atoms with E-state index in [0.717, 1.165) is 19.3 Å². The summed E-state index contributed by atoms with van der Waals surface area (Å²) in [4.78, 5) is 23.2. The van der Waals surface area contributed by atoms with Crippen LogP contribution < -0.4 is 15.8 Å². The summed E-state index contributed by atoms with van der Waals surface area (Å²) in [7, 11) is 0. The molecule has 1 aromatic rings. The molecule has 0 radical (unpaired) electrons. The molecule has 5 nitrogen and oxygen atoms in total. The predicted molar refractivity (Wildman–Crippen MR) is 89.6 cm³/mol. The lowest BCUT2D eigenvalue weighted by molar-refractivity contribution is -0.123. The molecule has 1 aliphatic rings. The van der Waals surface area contributed by atoms with Gasteiger partial charge < -0.3 is 15.8 Å². The highest BCUT2D eigenvalue weighted by molar-refractivity contribution is 6.31. The molecule has 0 saturated carbocycles. The highest BCUT2D eigenvalue weighted by Gasteiger charge is 2.12. The summed E-state index contributed by atoms with van der Waals surface area (Å²) in [5.41, 5.74) is 6.84. The number of nitrogens with one attached hydrogen (secondary N) is 1. The van der Waals surface area contributed by atoms with Crippen molar-refractivity contribution in [3.63, 3.8) is 0 Å². The van der Waals surface area contributed by atoms with E-state index in [9.17, 15) is 9.59 Å². The topological polar surface area (TPSA) is 81.4 Å². The number of carbonyl (C=O) groups is 2. The monoisotopic (exact) mass is 336 g/mol. The number of amides is 2. The van der Waals surface area contributed by atoms with Crippen molar-refractivity contribution in [3.05, 3.63) is 40.4 Å². The van der Waals surface area contributed by atoms with Crippen LogP contribution in [0.5, 0.6) is 5.75 Å². The molecular formula is C17H21ClN2O3. The Morgan fingerprint density at radius 3 is 2.83 bits per heavy atom. The molecule has 1 aliphatic carbocycles. The molecule has 124 valence electrons. The summed E-state index contributed by atoms with van der Waals surface area (Å²) in [5.74, 6) is -0.619. The first kappa shape index (κ1) is 17.3. The van der Waals surface area contributed by atoms with Crippen LogP contribution in [-0.2, 0) is 4.79 Å². The second-order valence-corrected chi connectivity index (χ2v) is 5.94. The third kappa shape index (κ3) is 5.60. The van der Waals surface area contributed by atoms with Crippen LogP contribution in [0.15, 0.2) is 29.8 Å². The van der Waals surface area contributed by atoms with E-state index in [-0.39, 0.29) is 23.8 Å². The minimum Gasteiger partial charge on any atom is -0.483 e. The zero-order chi connectivity index (χ0) is 16.7. The molecule has 0 unspecified atom stereocenters. The molecule has 2 rings (SSSR count). The Kier molecular flexibility index (Phi) is 6.47. The first-order valence-corrected chi connectivity index (χ1v) is 8.11. The number of primary amides is 1. The minimum atomic E-state index is -0.646. The van der Waals surface area contributed by atoms with E-state index in [4.69, 9.17) is 22.1 Å². The Hall–Kier alpha value is -2.01. The van der Waals surface area contributed by atoms with E-state index in [1.54, 1.807) is 6.07 Å². The number of halogens is 1. The Bertz CT molecular complexity index is 614. The van der Waals surface area contributed by atoms with Gasteiger partial charge in [-0.05, 0) is 50.3 Å². The first-order chi connectivity index (χ1) is 11.1. The second kappa shape index (κ2) is 8.58. The number of nitrogens with two attached hydrogens (primary N) is 1. The van der Waals surface area contributed by atoms with E-state index in [0.29, 0.717) is 11.6 Å². The molecule has 0 fully saturated rings. The largest absolute Gasteiger partial charge is 0.483 e. The summed E-state index contributed by atoms with van der Waals surface area (Å²) in [6, 6.07) is 4.53. The van der Waals surface area contributed by atoms with Gasteiger partial charge in [0.05, 0.1) is 5.56 Å². The molecule has 6 heteroatoms. The van der Waals surface area contributed by atoms with Crippen molar-refractivity contribution in [2.24, 2.45) is 5.73 Å². The number of allylic oxidation sites excluding steroid dienone is 1. The van der Waals surface area contributed by atoms with E-state index in [2.05, 4.69) is 11.4 Å². The summed E-state index contributed by atoms with van der Waals surface area (Å²) in [5, 5.41) is 3.20. The maximum atomic E-state index is 11.8. The van der Waals surface area contributed by atoms with Crippen LogP contribution in [0.2, 0.25) is 5.02 Å². The Labute approximate surface area is 140 Å². The van der Waals surface area contributed by atoms with Gasteiger partial charge in [0.1, 0.15) is 5.75 Å². The smallest absolute Gasteiger partial charge is 0.257 e. The summed E-state index contributed by atoms with van der Waals surface area (Å²) in [6.07, 6.45) is 7.89. The number of carbonyl (C=O) groups excluding carboxylic acids is 2. The van der Waals surface area contributed by atoms with Gasteiger partial charge in [0.2, 0.25) is 0 Å². The lowest BCUT2D eigenvalue weighted by atomic mass is 9.97. The highest BCUT2D eigenvalue weighted by Crippen LogP contribution is 2.22. The normalized spacial score (nSPS) is 14.0. The highest BCUT2D eigenvalue weighted by atomic mass is 35.5. The molecule has 0 atom stereocenters. The van der Waals surface area contributed by atoms with Crippen molar-refractivity contribution >= 4 is 23.4 Å². The maximum Gasteiger partial charge on any atom is 0.257 e. The average molecular weight is 337 g/mol. The lowest BCUT2D eigenvalue weighted by Gasteiger charge is -2.13. The van der Waals surface area contributed by atoms with Crippen molar-refractivity contribution in [2.75, 3.05) is 13.2 Å². The summed E-state index contributed by atoms with van der Waals surface area (Å²) >= 11 is 5.82. The molecule has 0 bridgehead atoms. The maximum absolute atomic E-state index is 11.8. The molecular weight excluding hydrogens is 316 g/mol. The summed E-state index contributed by atoms with van der Waals surface area (Å²) in [6.45, 7) is 0.429. The van der Waals surface area contributed by atoms with Gasteiger partial charge in [-0.1, -0.05) is 23.3 Å². The van der Waals surface area contributed by atoms with Gasteiger partial charge in [0, 0.05) is 11.6 Å². The fourth-order valence-corrected chi connectivity index (χ4v) is 2.68. The first-order valence-electron chi connectivity index (χ1n) is 7.73. The van der Waals surface area contributed by atoms with E-state index >= 15 is 0 Å². The van der Waals surface area contributed by atoms with Crippen LogP contribution in [0.4, 0.5) is 0 Å². The van der Waals surface area contributed by atoms with Crippen LogP contribution in [0.3, 0.4) is 0 Å². The van der Waals surface area contributed by atoms with Gasteiger partial charge in [-0.15, -0.1) is 0 Å². The number of rotatable bonds is 7. The van der Waals surface area contributed by atoms with Gasteiger partial charge in [-0.3, -0.25) is 9.59 Å². The number of ether oxygens (including phenoxy) is 1. The number of hydrogen-bond acceptors (Lipinski definition) is 3. The average Bonchev–Trinajstić information content (AvgIpc) is 2.54. The molecule has 1 aromatic carbocycles. The van der Waals surface area contributed by atoms with Gasteiger partial charge in [0.15, 0.2) is 6.61 Å². The zero-order valence-corrected chi connectivity index (χ0v) is 13.7. The number of hydrogen-bond donors (Lipinski definition) is 2. The Morgan fingerprint density at radius 1 is 1.30 bits per heavy atom. The molecule has 3 N–H and O–H groups in total. The van der Waals surface area contributed by atoms with Gasteiger partial charge in [-0.2, -0.15) is 0 Å². The lowest BCUT2D eigenvalue weighted by Crippen LogP contribution is -2.30. The molecule has 0 heterocycles. The number of benzene rings is 1. The standard InChI is InChI=1S/C17H21ClN2O3/c18-13-6-7-15(14(10-13)17(19)22)23-11-16(21)20-9-8-12-4-2-1-3-5-12/h4,6-7,10H,1-3,5,8-9,11H2,(H2,19,22)(H,20,21). The van der Waals surface area contributed by atoms with Crippen LogP contribution in [0.1, 0.15) is 42.5 Å². The molecule has 23 heavy (non-hydrogen) atoms. The van der Waals surface area contributed by atoms with E-state index < -0.39 is 5.91 Å². The van der Waals surface area contributed by atoms with Crippen LogP contribution in [-0.4, -0.2) is 25.0 Å². The van der Waals surface area contributed by atoms with Crippen molar-refractivity contribution in [3.8, 4) is 5.75 Å². The third-order valence-corrected chi connectivity index (χ3v) is 3.95.